The number of hydrogen-bond donors (Lipinski definition) is 1. The van der Waals surface area contributed by atoms with E-state index in [1.165, 1.54) is 17.8 Å². The number of ether oxygens (including phenoxy) is 1. The monoisotopic (exact) mass is 492 g/mol. The second kappa shape index (κ2) is 9.25. The minimum Gasteiger partial charge on any atom is -0.468 e. The van der Waals surface area contributed by atoms with Gasteiger partial charge < -0.3 is 15.0 Å². The van der Waals surface area contributed by atoms with Gasteiger partial charge in [0.15, 0.2) is 12.6 Å². The highest BCUT2D eigenvalue weighted by Gasteiger charge is 2.28. The van der Waals surface area contributed by atoms with Crippen molar-refractivity contribution in [1.82, 2.24) is 10.3 Å². The molecule has 5 nitrogen and oxygen atoms in total. The number of anilines is 1. The summed E-state index contributed by atoms with van der Waals surface area (Å²) in [6.45, 7) is -0.130. The van der Waals surface area contributed by atoms with Crippen molar-refractivity contribution in [3.05, 3.63) is 53.7 Å². The molecule has 0 saturated heterocycles. The molecule has 1 N–H and O–H groups in total. The van der Waals surface area contributed by atoms with E-state index in [0.29, 0.717) is 12.5 Å². The number of para-hydroxylation sites is 1. The van der Waals surface area contributed by atoms with Gasteiger partial charge in [-0.15, -0.1) is 24.0 Å². The van der Waals surface area contributed by atoms with E-state index in [1.54, 1.807) is 13.1 Å². The van der Waals surface area contributed by atoms with Gasteiger partial charge in [-0.1, -0.05) is 18.2 Å². The molecule has 0 radical (unpaired) electrons. The van der Waals surface area contributed by atoms with Crippen LogP contribution in [0.1, 0.15) is 11.1 Å². The Hall–Kier alpha value is -2.04. The molecule has 1 aliphatic rings. The summed E-state index contributed by atoms with van der Waals surface area (Å²) in [5.74, 6) is 0.660. The molecular weight excluding hydrogens is 472 g/mol. The van der Waals surface area contributed by atoms with Crippen molar-refractivity contribution >= 4 is 35.6 Å². The van der Waals surface area contributed by atoms with Gasteiger partial charge in [0.1, 0.15) is 0 Å². The quantitative estimate of drug-likeness (QED) is 0.401. The summed E-state index contributed by atoms with van der Waals surface area (Å²) in [4.78, 5) is 10.2. The predicted octanol–water partition coefficient (Wildman–Crippen LogP) is 3.78. The van der Waals surface area contributed by atoms with Gasteiger partial charge in [0.05, 0.1) is 0 Å². The third kappa shape index (κ3) is 5.72. The Balaban J connectivity index is 0.00000261. The Morgan fingerprint density at radius 2 is 2.07 bits per heavy atom. The van der Waals surface area contributed by atoms with E-state index in [4.69, 9.17) is 0 Å². The SMILES string of the molecule is CN=C(NCc1ccnc(OCC(F)(F)F)c1)N1CCc2ccccc21.I. The lowest BCUT2D eigenvalue weighted by Crippen LogP contribution is -2.40. The molecule has 0 fully saturated rings. The molecular formula is C18H20F3IN4O. The van der Waals surface area contributed by atoms with Crippen LogP contribution in [0.3, 0.4) is 0 Å². The van der Waals surface area contributed by atoms with Crippen molar-refractivity contribution in [3.8, 4) is 5.88 Å². The summed E-state index contributed by atoms with van der Waals surface area (Å²) in [6.07, 6.45) is -2.01. The summed E-state index contributed by atoms with van der Waals surface area (Å²) in [7, 11) is 1.70. The molecule has 0 spiro atoms. The van der Waals surface area contributed by atoms with Crippen molar-refractivity contribution in [2.24, 2.45) is 4.99 Å². The summed E-state index contributed by atoms with van der Waals surface area (Å²) in [5, 5.41) is 3.24. The number of nitrogens with zero attached hydrogens (tertiary/aromatic N) is 3. The number of hydrogen-bond acceptors (Lipinski definition) is 3. The Morgan fingerprint density at radius 3 is 2.81 bits per heavy atom. The minimum atomic E-state index is -4.39. The van der Waals surface area contributed by atoms with Crippen LogP contribution in [-0.4, -0.2) is 37.3 Å². The first-order chi connectivity index (χ1) is 12.5. The number of aromatic nitrogens is 1. The highest BCUT2D eigenvalue weighted by atomic mass is 127. The summed E-state index contributed by atoms with van der Waals surface area (Å²) in [5.41, 5.74) is 3.14. The van der Waals surface area contributed by atoms with Crippen LogP contribution in [0.2, 0.25) is 0 Å². The van der Waals surface area contributed by atoms with Crippen LogP contribution in [0.15, 0.2) is 47.6 Å². The van der Waals surface area contributed by atoms with Crippen LogP contribution in [-0.2, 0) is 13.0 Å². The zero-order chi connectivity index (χ0) is 18.6. The molecule has 9 heteroatoms. The van der Waals surface area contributed by atoms with E-state index >= 15 is 0 Å². The van der Waals surface area contributed by atoms with Crippen LogP contribution >= 0.6 is 24.0 Å². The maximum Gasteiger partial charge on any atom is 0.422 e. The van der Waals surface area contributed by atoms with Crippen LogP contribution in [0.5, 0.6) is 5.88 Å². The fourth-order valence-corrected chi connectivity index (χ4v) is 2.83. The normalized spacial score (nSPS) is 13.8. The van der Waals surface area contributed by atoms with Gasteiger partial charge in [0, 0.05) is 38.1 Å². The highest BCUT2D eigenvalue weighted by molar-refractivity contribution is 14.0. The minimum absolute atomic E-state index is 0. The second-order valence-electron chi connectivity index (χ2n) is 5.84. The first-order valence-corrected chi connectivity index (χ1v) is 8.17. The van der Waals surface area contributed by atoms with Crippen LogP contribution in [0.4, 0.5) is 18.9 Å². The number of guanidine groups is 1. The molecule has 2 heterocycles. The van der Waals surface area contributed by atoms with Crippen molar-refractivity contribution in [2.45, 2.75) is 19.1 Å². The Bertz CT molecular complexity index is 798. The maximum absolute atomic E-state index is 12.2. The number of halogens is 4. The van der Waals surface area contributed by atoms with Gasteiger partial charge in [-0.2, -0.15) is 13.2 Å². The Labute approximate surface area is 172 Å². The van der Waals surface area contributed by atoms with Gasteiger partial charge in [0.2, 0.25) is 5.88 Å². The third-order valence-electron chi connectivity index (χ3n) is 3.99. The number of fused-ring (bicyclic) bond motifs is 1. The fourth-order valence-electron chi connectivity index (χ4n) is 2.83. The Morgan fingerprint density at radius 1 is 1.30 bits per heavy atom. The number of benzene rings is 1. The second-order valence-corrected chi connectivity index (χ2v) is 5.84. The fraction of sp³-hybridized carbons (Fsp3) is 0.333. The van der Waals surface area contributed by atoms with Gasteiger partial charge in [-0.25, -0.2) is 4.98 Å². The summed E-state index contributed by atoms with van der Waals surface area (Å²) < 4.78 is 41.4. The zero-order valence-corrected chi connectivity index (χ0v) is 17.0. The molecule has 1 aromatic heterocycles. The number of nitrogens with one attached hydrogen (secondary N) is 1. The number of alkyl halides is 3. The third-order valence-corrected chi connectivity index (χ3v) is 3.99. The molecule has 0 aliphatic carbocycles. The molecule has 1 aromatic carbocycles. The largest absolute Gasteiger partial charge is 0.468 e. The van der Waals surface area contributed by atoms with E-state index in [9.17, 15) is 13.2 Å². The lowest BCUT2D eigenvalue weighted by Gasteiger charge is -2.22. The van der Waals surface area contributed by atoms with E-state index < -0.39 is 12.8 Å². The van der Waals surface area contributed by atoms with Crippen LogP contribution in [0.25, 0.3) is 0 Å². The molecule has 146 valence electrons. The smallest absolute Gasteiger partial charge is 0.422 e. The molecule has 0 atom stereocenters. The van der Waals surface area contributed by atoms with Gasteiger partial charge in [-0.05, 0) is 29.7 Å². The molecule has 0 amide bonds. The topological polar surface area (TPSA) is 49.8 Å². The number of aliphatic imine (C=N–C) groups is 1. The van der Waals surface area contributed by atoms with Crippen LogP contribution in [0, 0.1) is 0 Å². The zero-order valence-electron chi connectivity index (χ0n) is 14.7. The number of pyridine rings is 1. The molecule has 0 bridgehead atoms. The van der Waals surface area contributed by atoms with Crippen LogP contribution < -0.4 is 15.0 Å². The van der Waals surface area contributed by atoms with Crippen molar-refractivity contribution < 1.29 is 17.9 Å². The average Bonchev–Trinajstić information content (AvgIpc) is 3.05. The van der Waals surface area contributed by atoms with E-state index in [0.717, 1.165) is 24.2 Å². The first kappa shape index (κ1) is 21.3. The molecule has 0 saturated carbocycles. The van der Waals surface area contributed by atoms with Gasteiger partial charge in [-0.3, -0.25) is 4.99 Å². The summed E-state index contributed by atoms with van der Waals surface area (Å²) >= 11 is 0. The van der Waals surface area contributed by atoms with Gasteiger partial charge >= 0.3 is 6.18 Å². The molecule has 1 aliphatic heterocycles. The average molecular weight is 492 g/mol. The van der Waals surface area contributed by atoms with E-state index in [2.05, 4.69) is 31.0 Å². The highest BCUT2D eigenvalue weighted by Crippen LogP contribution is 2.27. The van der Waals surface area contributed by atoms with E-state index in [1.807, 2.05) is 18.2 Å². The lowest BCUT2D eigenvalue weighted by atomic mass is 10.2. The van der Waals surface area contributed by atoms with Crippen molar-refractivity contribution in [3.63, 3.8) is 0 Å². The van der Waals surface area contributed by atoms with Crippen molar-refractivity contribution in [1.29, 1.82) is 0 Å². The molecule has 27 heavy (non-hydrogen) atoms. The summed E-state index contributed by atoms with van der Waals surface area (Å²) in [6, 6.07) is 11.3. The van der Waals surface area contributed by atoms with Gasteiger partial charge in [0.25, 0.3) is 0 Å². The standard InChI is InChI=1S/C18H19F3N4O.HI/c1-22-17(25-9-7-14-4-2-3-5-15(14)25)24-11-13-6-8-23-16(10-13)26-12-18(19,20)21;/h2-6,8,10H,7,9,11-12H2,1H3,(H,22,24);1H. The molecule has 0 unspecified atom stereocenters. The molecule has 2 aromatic rings. The maximum atomic E-state index is 12.2. The van der Waals surface area contributed by atoms with E-state index in [-0.39, 0.29) is 29.9 Å². The van der Waals surface area contributed by atoms with Crippen molar-refractivity contribution in [2.75, 3.05) is 25.1 Å². The number of rotatable bonds is 4. The predicted molar refractivity (Wildman–Crippen MR) is 109 cm³/mol. The molecule has 3 rings (SSSR count). The lowest BCUT2D eigenvalue weighted by molar-refractivity contribution is -0.154. The Kier molecular flexibility index (Phi) is 7.28. The first-order valence-electron chi connectivity index (χ1n) is 8.17.